The summed E-state index contributed by atoms with van der Waals surface area (Å²) in [5.74, 6) is 0.678. The van der Waals surface area contributed by atoms with Crippen LogP contribution in [0.5, 0.6) is 11.5 Å². The molecule has 0 aromatic heterocycles. The average Bonchev–Trinajstić information content (AvgIpc) is 2.75. The van der Waals surface area contributed by atoms with Crippen molar-refractivity contribution in [2.75, 3.05) is 30.8 Å². The fourth-order valence-corrected chi connectivity index (χ4v) is 3.75. The third kappa shape index (κ3) is 5.35. The number of hydrogen-bond donors (Lipinski definition) is 1. The van der Waals surface area contributed by atoms with Crippen molar-refractivity contribution in [3.8, 4) is 11.5 Å². The molecule has 0 aliphatic rings. The lowest BCUT2D eigenvalue weighted by molar-refractivity contribution is 0.102. The first kappa shape index (κ1) is 22.6. The quantitative estimate of drug-likeness (QED) is 0.558. The molecule has 0 atom stereocenters. The molecule has 9 heteroatoms. The highest BCUT2D eigenvalue weighted by Gasteiger charge is 2.21. The third-order valence-corrected chi connectivity index (χ3v) is 6.52. The Morgan fingerprint density at radius 1 is 0.935 bits per heavy atom. The Labute approximate surface area is 187 Å². The van der Waals surface area contributed by atoms with Gasteiger partial charge < -0.3 is 10.1 Å². The number of amides is 1. The molecule has 0 bridgehead atoms. The van der Waals surface area contributed by atoms with Crippen molar-refractivity contribution in [3.05, 3.63) is 83.4 Å². The lowest BCUT2D eigenvalue weighted by Crippen LogP contribution is -2.37. The Kier molecular flexibility index (Phi) is 6.84. The van der Waals surface area contributed by atoms with Crippen LogP contribution in [-0.4, -0.2) is 39.8 Å². The molecule has 162 valence electrons. The molecule has 0 unspecified atom stereocenters. The van der Waals surface area contributed by atoms with Gasteiger partial charge in [0.1, 0.15) is 5.75 Å². The zero-order valence-electron chi connectivity index (χ0n) is 17.2. The number of halogens is 1. The maximum absolute atomic E-state index is 12.8. The second-order valence-electron chi connectivity index (χ2n) is 6.81. The van der Waals surface area contributed by atoms with Crippen LogP contribution in [0, 0.1) is 0 Å². The first-order valence-electron chi connectivity index (χ1n) is 9.29. The lowest BCUT2D eigenvalue weighted by atomic mass is 10.2. The molecule has 0 saturated carbocycles. The monoisotopic (exact) mass is 459 g/mol. The fraction of sp³-hybridized carbons (Fsp3) is 0.136. The number of ether oxygens (including phenoxy) is 1. The van der Waals surface area contributed by atoms with Crippen LogP contribution < -0.4 is 14.4 Å². The van der Waals surface area contributed by atoms with Crippen LogP contribution in [0.15, 0.2) is 72.8 Å². The number of anilines is 2. The van der Waals surface area contributed by atoms with Gasteiger partial charge in [-0.15, -0.1) is 0 Å². The van der Waals surface area contributed by atoms with E-state index in [9.17, 15) is 13.2 Å². The van der Waals surface area contributed by atoms with Crippen molar-refractivity contribution in [2.45, 2.75) is 0 Å². The number of carbonyl (C=O) groups excluding carboxylic acids is 1. The maximum Gasteiger partial charge on any atom is 0.303 e. The van der Waals surface area contributed by atoms with Gasteiger partial charge in [-0.3, -0.25) is 9.10 Å². The molecule has 0 heterocycles. The van der Waals surface area contributed by atoms with Gasteiger partial charge in [0, 0.05) is 31.7 Å². The molecule has 0 radical (unpaired) electrons. The molecule has 0 fully saturated rings. The van der Waals surface area contributed by atoms with E-state index in [0.717, 1.165) is 8.61 Å². The van der Waals surface area contributed by atoms with Crippen LogP contribution in [0.25, 0.3) is 0 Å². The van der Waals surface area contributed by atoms with Crippen LogP contribution in [0.2, 0.25) is 5.02 Å². The number of nitrogens with zero attached hydrogens (tertiary/aromatic N) is 2. The molecular weight excluding hydrogens is 438 g/mol. The third-order valence-electron chi connectivity index (χ3n) is 4.46. The topological polar surface area (TPSA) is 79.0 Å². The standard InChI is InChI=1S/C22H22ClN3O4S/c1-25(2)31(28,29)26(3)18-12-9-16(10-13-18)22(27)24-20-15-17(23)11-14-21(20)30-19-7-5-4-6-8-19/h4-15H,1-3H3,(H,24,27). The van der Waals surface area contributed by atoms with Gasteiger partial charge in [0.15, 0.2) is 5.75 Å². The molecule has 0 spiro atoms. The molecule has 31 heavy (non-hydrogen) atoms. The summed E-state index contributed by atoms with van der Waals surface area (Å²) in [5, 5.41) is 3.24. The Morgan fingerprint density at radius 3 is 2.19 bits per heavy atom. The minimum absolute atomic E-state index is 0.352. The molecule has 0 aliphatic carbocycles. The van der Waals surface area contributed by atoms with E-state index >= 15 is 0 Å². The maximum atomic E-state index is 12.8. The predicted octanol–water partition coefficient (Wildman–Crippen LogP) is 4.63. The molecule has 7 nitrogen and oxygen atoms in total. The van der Waals surface area contributed by atoms with Crippen LogP contribution >= 0.6 is 11.6 Å². The van der Waals surface area contributed by atoms with E-state index < -0.39 is 10.2 Å². The highest BCUT2D eigenvalue weighted by Crippen LogP contribution is 2.32. The van der Waals surface area contributed by atoms with Crippen LogP contribution in [0.3, 0.4) is 0 Å². The summed E-state index contributed by atoms with van der Waals surface area (Å²) in [4.78, 5) is 12.8. The van der Waals surface area contributed by atoms with Gasteiger partial charge in [-0.1, -0.05) is 29.8 Å². The van der Waals surface area contributed by atoms with Crippen molar-refractivity contribution in [1.82, 2.24) is 4.31 Å². The average molecular weight is 460 g/mol. The Bertz CT molecular complexity index is 1170. The Hall–Kier alpha value is -3.07. The second-order valence-corrected chi connectivity index (χ2v) is 9.42. The van der Waals surface area contributed by atoms with Gasteiger partial charge in [0.2, 0.25) is 0 Å². The molecule has 3 aromatic rings. The van der Waals surface area contributed by atoms with Gasteiger partial charge in [-0.2, -0.15) is 12.7 Å². The van der Waals surface area contributed by atoms with Gasteiger partial charge in [0.25, 0.3) is 5.91 Å². The largest absolute Gasteiger partial charge is 0.455 e. The molecule has 3 rings (SSSR count). The van der Waals surface area contributed by atoms with Gasteiger partial charge in [-0.25, -0.2) is 0 Å². The second kappa shape index (κ2) is 9.38. The number of nitrogens with one attached hydrogen (secondary N) is 1. The number of rotatable bonds is 7. The minimum atomic E-state index is -3.62. The van der Waals surface area contributed by atoms with Crippen molar-refractivity contribution < 1.29 is 17.9 Å². The van der Waals surface area contributed by atoms with E-state index in [2.05, 4.69) is 5.32 Å². The number of hydrogen-bond acceptors (Lipinski definition) is 4. The highest BCUT2D eigenvalue weighted by atomic mass is 35.5. The molecule has 3 aromatic carbocycles. The normalized spacial score (nSPS) is 11.3. The van der Waals surface area contributed by atoms with Crippen molar-refractivity contribution in [1.29, 1.82) is 0 Å². The molecule has 1 amide bonds. The van der Waals surface area contributed by atoms with Gasteiger partial charge in [0.05, 0.1) is 11.4 Å². The zero-order valence-corrected chi connectivity index (χ0v) is 18.8. The van der Waals surface area contributed by atoms with E-state index in [0.29, 0.717) is 33.5 Å². The van der Waals surface area contributed by atoms with Crippen molar-refractivity contribution >= 4 is 39.1 Å². The van der Waals surface area contributed by atoms with Crippen LogP contribution in [0.1, 0.15) is 10.4 Å². The van der Waals surface area contributed by atoms with Crippen molar-refractivity contribution in [3.63, 3.8) is 0 Å². The predicted molar refractivity (Wildman–Crippen MR) is 123 cm³/mol. The Morgan fingerprint density at radius 2 is 1.58 bits per heavy atom. The van der Waals surface area contributed by atoms with E-state index in [1.807, 2.05) is 18.2 Å². The van der Waals surface area contributed by atoms with E-state index in [-0.39, 0.29) is 5.91 Å². The highest BCUT2D eigenvalue weighted by molar-refractivity contribution is 7.90. The molecule has 1 N–H and O–H groups in total. The lowest BCUT2D eigenvalue weighted by Gasteiger charge is -2.23. The number of benzene rings is 3. The van der Waals surface area contributed by atoms with Gasteiger partial charge >= 0.3 is 10.2 Å². The minimum Gasteiger partial charge on any atom is -0.455 e. The summed E-state index contributed by atoms with van der Waals surface area (Å²) in [5.41, 5.74) is 1.20. The summed E-state index contributed by atoms with van der Waals surface area (Å²) in [6.45, 7) is 0. The number of para-hydroxylation sites is 1. The van der Waals surface area contributed by atoms with E-state index in [4.69, 9.17) is 16.3 Å². The Balaban J connectivity index is 1.80. The summed E-state index contributed by atoms with van der Waals surface area (Å²) in [6, 6.07) is 20.4. The summed E-state index contributed by atoms with van der Waals surface area (Å²) in [7, 11) is 0.735. The molecule has 0 saturated heterocycles. The van der Waals surface area contributed by atoms with Gasteiger partial charge in [-0.05, 0) is 54.6 Å². The van der Waals surface area contributed by atoms with E-state index in [1.165, 1.54) is 21.1 Å². The molecular formula is C22H22ClN3O4S. The van der Waals surface area contributed by atoms with Crippen LogP contribution in [0.4, 0.5) is 11.4 Å². The smallest absolute Gasteiger partial charge is 0.303 e. The van der Waals surface area contributed by atoms with Crippen molar-refractivity contribution in [2.24, 2.45) is 0 Å². The van der Waals surface area contributed by atoms with Crippen LogP contribution in [-0.2, 0) is 10.2 Å². The SMILES string of the molecule is CN(C)S(=O)(=O)N(C)c1ccc(C(=O)Nc2cc(Cl)ccc2Oc2ccccc2)cc1. The first-order valence-corrected chi connectivity index (χ1v) is 11.1. The van der Waals surface area contributed by atoms with E-state index in [1.54, 1.807) is 54.6 Å². The number of carbonyl (C=O) groups is 1. The first-order chi connectivity index (χ1) is 14.7. The fourth-order valence-electron chi connectivity index (χ4n) is 2.70. The molecule has 0 aliphatic heterocycles. The summed E-state index contributed by atoms with van der Waals surface area (Å²) >= 11 is 6.10. The summed E-state index contributed by atoms with van der Waals surface area (Å²) in [6.07, 6.45) is 0. The summed E-state index contributed by atoms with van der Waals surface area (Å²) < 4.78 is 32.6. The zero-order chi connectivity index (χ0) is 22.6.